The normalized spacial score (nSPS) is 30.6. The highest BCUT2D eigenvalue weighted by molar-refractivity contribution is 5.27. The van der Waals surface area contributed by atoms with Crippen LogP contribution in [0, 0.1) is 5.92 Å². The third-order valence-electron chi connectivity index (χ3n) is 4.24. The van der Waals surface area contributed by atoms with Crippen molar-refractivity contribution in [2.45, 2.75) is 18.9 Å². The van der Waals surface area contributed by atoms with Gasteiger partial charge in [0.1, 0.15) is 0 Å². The molecule has 18 heavy (non-hydrogen) atoms. The molecule has 0 saturated carbocycles. The van der Waals surface area contributed by atoms with Crippen molar-refractivity contribution in [3.8, 4) is 0 Å². The highest BCUT2D eigenvalue weighted by Gasteiger charge is 2.35. The van der Waals surface area contributed by atoms with Crippen LogP contribution in [0.25, 0.3) is 0 Å². The first-order valence-corrected chi connectivity index (χ1v) is 6.86. The highest BCUT2D eigenvalue weighted by atomic mass is 16.5. The van der Waals surface area contributed by atoms with Gasteiger partial charge in [-0.2, -0.15) is 0 Å². The minimum Gasteiger partial charge on any atom is -0.383 e. The summed E-state index contributed by atoms with van der Waals surface area (Å²) in [4.78, 5) is 7.00. The summed E-state index contributed by atoms with van der Waals surface area (Å²) in [5, 5.41) is 3.36. The predicted molar refractivity (Wildman–Crippen MR) is 70.8 cm³/mol. The largest absolute Gasteiger partial charge is 0.383 e. The molecule has 1 aromatic rings. The van der Waals surface area contributed by atoms with E-state index in [4.69, 9.17) is 4.74 Å². The van der Waals surface area contributed by atoms with Gasteiger partial charge in [0, 0.05) is 32.6 Å². The van der Waals surface area contributed by atoms with Crippen LogP contribution in [0.3, 0.4) is 0 Å². The Morgan fingerprint density at radius 1 is 1.44 bits per heavy atom. The van der Waals surface area contributed by atoms with Gasteiger partial charge >= 0.3 is 0 Å². The van der Waals surface area contributed by atoms with Gasteiger partial charge in [0.15, 0.2) is 0 Å². The van der Waals surface area contributed by atoms with Crippen molar-refractivity contribution in [2.75, 3.05) is 45.2 Å². The molecular weight excluding hydrogens is 228 g/mol. The Morgan fingerprint density at radius 3 is 2.94 bits per heavy atom. The lowest BCUT2D eigenvalue weighted by Gasteiger charge is -2.45. The fourth-order valence-electron chi connectivity index (χ4n) is 3.23. The Balaban J connectivity index is 1.70. The van der Waals surface area contributed by atoms with Crippen LogP contribution in [0.2, 0.25) is 0 Å². The third-order valence-corrected chi connectivity index (χ3v) is 4.24. The van der Waals surface area contributed by atoms with Gasteiger partial charge in [-0.15, -0.1) is 0 Å². The van der Waals surface area contributed by atoms with Crippen LogP contribution in [0.4, 0.5) is 5.95 Å². The summed E-state index contributed by atoms with van der Waals surface area (Å²) in [7, 11) is 1.72. The number of hydrogen-bond acceptors (Lipinski definition) is 4. The number of hydrogen-bond donors (Lipinski definition) is 1. The summed E-state index contributed by atoms with van der Waals surface area (Å²) >= 11 is 0. The van der Waals surface area contributed by atoms with Crippen LogP contribution in [-0.4, -0.2) is 54.3 Å². The van der Waals surface area contributed by atoms with Gasteiger partial charge in [0.2, 0.25) is 5.95 Å². The predicted octanol–water partition coefficient (Wildman–Crippen LogP) is 1.21. The molecule has 3 aliphatic heterocycles. The van der Waals surface area contributed by atoms with Crippen molar-refractivity contribution >= 4 is 5.95 Å². The zero-order chi connectivity index (χ0) is 12.4. The van der Waals surface area contributed by atoms with Gasteiger partial charge in [-0.1, -0.05) is 0 Å². The summed E-state index contributed by atoms with van der Waals surface area (Å²) in [6, 6.07) is 0.597. The summed E-state index contributed by atoms with van der Waals surface area (Å²) in [5.41, 5.74) is 0. The van der Waals surface area contributed by atoms with Crippen molar-refractivity contribution in [1.82, 2.24) is 14.5 Å². The molecule has 0 aromatic carbocycles. The topological polar surface area (TPSA) is 42.3 Å². The molecule has 1 aromatic heterocycles. The number of ether oxygens (including phenoxy) is 1. The number of piperidine rings is 3. The van der Waals surface area contributed by atoms with Crippen LogP contribution >= 0.6 is 0 Å². The zero-order valence-corrected chi connectivity index (χ0v) is 11.0. The van der Waals surface area contributed by atoms with E-state index in [0.29, 0.717) is 12.6 Å². The molecule has 100 valence electrons. The first-order valence-electron chi connectivity index (χ1n) is 6.86. The summed E-state index contributed by atoms with van der Waals surface area (Å²) in [6.07, 6.45) is 6.68. The second-order valence-corrected chi connectivity index (χ2v) is 5.28. The molecule has 0 radical (unpaired) electrons. The smallest absolute Gasteiger partial charge is 0.203 e. The van der Waals surface area contributed by atoms with Gasteiger partial charge in [-0.05, 0) is 31.8 Å². The van der Waals surface area contributed by atoms with E-state index in [-0.39, 0.29) is 0 Å². The number of rotatable bonds is 5. The number of anilines is 1. The Labute approximate surface area is 108 Å². The molecule has 0 spiro atoms. The highest BCUT2D eigenvalue weighted by Crippen LogP contribution is 2.36. The molecule has 2 bridgehead atoms. The molecule has 5 heteroatoms. The van der Waals surface area contributed by atoms with Crippen LogP contribution < -0.4 is 5.32 Å². The SMILES string of the molecule is COCCNc1nccn1C1CN2CCC1CC2. The van der Waals surface area contributed by atoms with Crippen LogP contribution in [0.5, 0.6) is 0 Å². The second kappa shape index (κ2) is 5.28. The Bertz CT molecular complexity index is 384. The number of fused-ring (bicyclic) bond motifs is 3. The number of aromatic nitrogens is 2. The standard InChI is InChI=1S/C13H22N4O/c1-18-9-5-15-13-14-4-8-17(13)12-10-16-6-2-11(12)3-7-16/h4,8,11-12H,2-3,5-7,9-10H2,1H3,(H,14,15). The van der Waals surface area contributed by atoms with Crippen LogP contribution in [0.1, 0.15) is 18.9 Å². The Kier molecular flexibility index (Phi) is 3.52. The Hall–Kier alpha value is -1.07. The molecule has 3 aliphatic rings. The molecule has 3 saturated heterocycles. The van der Waals surface area contributed by atoms with E-state index < -0.39 is 0 Å². The monoisotopic (exact) mass is 250 g/mol. The zero-order valence-electron chi connectivity index (χ0n) is 11.0. The van der Waals surface area contributed by atoms with Crippen molar-refractivity contribution in [1.29, 1.82) is 0 Å². The van der Waals surface area contributed by atoms with E-state index in [1.54, 1.807) is 7.11 Å². The van der Waals surface area contributed by atoms with Crippen molar-refractivity contribution < 1.29 is 4.74 Å². The molecule has 1 N–H and O–H groups in total. The molecule has 4 rings (SSSR count). The van der Waals surface area contributed by atoms with Gasteiger partial charge in [-0.3, -0.25) is 0 Å². The van der Waals surface area contributed by atoms with E-state index in [0.717, 1.165) is 18.4 Å². The van der Waals surface area contributed by atoms with Gasteiger partial charge < -0.3 is 19.5 Å². The minimum atomic E-state index is 0.597. The maximum absolute atomic E-state index is 5.07. The summed E-state index contributed by atoms with van der Waals surface area (Å²) < 4.78 is 7.39. The molecule has 4 heterocycles. The lowest BCUT2D eigenvalue weighted by atomic mass is 9.84. The van der Waals surface area contributed by atoms with Crippen molar-refractivity contribution in [3.05, 3.63) is 12.4 Å². The number of nitrogens with zero attached hydrogens (tertiary/aromatic N) is 3. The maximum atomic E-state index is 5.07. The fourth-order valence-corrected chi connectivity index (χ4v) is 3.23. The summed E-state index contributed by atoms with van der Waals surface area (Å²) in [5.74, 6) is 1.82. The quantitative estimate of drug-likeness (QED) is 0.798. The van der Waals surface area contributed by atoms with E-state index in [1.807, 2.05) is 6.20 Å². The maximum Gasteiger partial charge on any atom is 0.203 e. The first kappa shape index (κ1) is 12.0. The van der Waals surface area contributed by atoms with E-state index in [1.165, 1.54) is 32.5 Å². The van der Waals surface area contributed by atoms with Crippen LogP contribution in [0.15, 0.2) is 12.4 Å². The number of imidazole rings is 1. The van der Waals surface area contributed by atoms with Crippen molar-refractivity contribution in [2.24, 2.45) is 5.92 Å². The minimum absolute atomic E-state index is 0.597. The average molecular weight is 250 g/mol. The molecule has 0 aliphatic carbocycles. The first-order chi connectivity index (χ1) is 8.88. The molecule has 1 unspecified atom stereocenters. The fraction of sp³-hybridized carbons (Fsp3) is 0.769. The molecule has 3 fully saturated rings. The average Bonchev–Trinajstić information content (AvgIpc) is 2.89. The Morgan fingerprint density at radius 2 is 2.28 bits per heavy atom. The number of nitrogens with one attached hydrogen (secondary N) is 1. The molecule has 5 nitrogen and oxygen atoms in total. The molecule has 0 amide bonds. The summed E-state index contributed by atoms with van der Waals surface area (Å²) in [6.45, 7) is 5.27. The van der Waals surface area contributed by atoms with Gasteiger partial charge in [-0.25, -0.2) is 4.98 Å². The molecular formula is C13H22N4O. The lowest BCUT2D eigenvalue weighted by Crippen LogP contribution is -2.48. The van der Waals surface area contributed by atoms with E-state index >= 15 is 0 Å². The van der Waals surface area contributed by atoms with Crippen molar-refractivity contribution in [3.63, 3.8) is 0 Å². The number of methoxy groups -OCH3 is 1. The second-order valence-electron chi connectivity index (χ2n) is 5.28. The van der Waals surface area contributed by atoms with E-state index in [9.17, 15) is 0 Å². The lowest BCUT2D eigenvalue weighted by molar-refractivity contribution is 0.0579. The van der Waals surface area contributed by atoms with Gasteiger partial charge in [0.05, 0.1) is 12.6 Å². The van der Waals surface area contributed by atoms with Crippen LogP contribution in [-0.2, 0) is 4.74 Å². The van der Waals surface area contributed by atoms with E-state index in [2.05, 4.69) is 26.0 Å². The van der Waals surface area contributed by atoms with Gasteiger partial charge in [0.25, 0.3) is 0 Å². The third kappa shape index (κ3) is 2.24. The molecule has 1 atom stereocenters.